The monoisotopic (exact) mass is 298 g/mol. The maximum Gasteiger partial charge on any atom is 0.307 e. The molecule has 0 aliphatic heterocycles. The molecule has 1 aromatic heterocycles. The normalized spacial score (nSPS) is 22.0. The van der Waals surface area contributed by atoms with Crippen LogP contribution in [0.5, 0.6) is 0 Å². The zero-order chi connectivity index (χ0) is 12.6. The van der Waals surface area contributed by atoms with Gasteiger partial charge in [-0.15, -0.1) is 0 Å². The van der Waals surface area contributed by atoms with Gasteiger partial charge in [-0.3, -0.25) is 9.59 Å². The number of carbonyl (C=O) groups excluding carboxylic acids is 1. The first-order chi connectivity index (χ1) is 7.99. The third-order valence-electron chi connectivity index (χ3n) is 2.72. The number of anilines is 1. The van der Waals surface area contributed by atoms with Crippen molar-refractivity contribution in [1.29, 1.82) is 0 Å². The molecular formula is C11H11BrN2O3. The molecule has 1 heterocycles. The Balaban J connectivity index is 2.00. The number of aryl methyl sites for hydroxylation is 1. The van der Waals surface area contributed by atoms with E-state index in [9.17, 15) is 9.59 Å². The Morgan fingerprint density at radius 3 is 2.71 bits per heavy atom. The van der Waals surface area contributed by atoms with Gasteiger partial charge in [-0.25, -0.2) is 4.98 Å². The summed E-state index contributed by atoms with van der Waals surface area (Å²) >= 11 is 3.31. The number of amides is 1. The molecule has 0 saturated heterocycles. The molecule has 17 heavy (non-hydrogen) atoms. The van der Waals surface area contributed by atoms with Crippen molar-refractivity contribution in [3.63, 3.8) is 0 Å². The van der Waals surface area contributed by atoms with Gasteiger partial charge in [0.1, 0.15) is 5.82 Å². The Morgan fingerprint density at radius 1 is 1.47 bits per heavy atom. The number of nitrogens with one attached hydrogen (secondary N) is 1. The summed E-state index contributed by atoms with van der Waals surface area (Å²) in [7, 11) is 0. The van der Waals surface area contributed by atoms with Crippen LogP contribution in [0.25, 0.3) is 0 Å². The second kappa shape index (κ2) is 4.44. The molecule has 1 aliphatic rings. The van der Waals surface area contributed by atoms with Gasteiger partial charge in [-0.1, -0.05) is 0 Å². The van der Waals surface area contributed by atoms with Crippen LogP contribution in [0.4, 0.5) is 5.82 Å². The molecular weight excluding hydrogens is 288 g/mol. The summed E-state index contributed by atoms with van der Waals surface area (Å²) in [6, 6.07) is 3.46. The Morgan fingerprint density at radius 2 is 2.18 bits per heavy atom. The number of carboxylic acid groups (broad SMARTS) is 1. The van der Waals surface area contributed by atoms with Crippen molar-refractivity contribution in [2.75, 3.05) is 5.32 Å². The number of hydrogen-bond donors (Lipinski definition) is 2. The van der Waals surface area contributed by atoms with E-state index in [0.29, 0.717) is 12.2 Å². The van der Waals surface area contributed by atoms with Crippen molar-refractivity contribution < 1.29 is 14.7 Å². The predicted octanol–water partition coefficient (Wildman–Crippen LogP) is 1.81. The fraction of sp³-hybridized carbons (Fsp3) is 0.364. The van der Waals surface area contributed by atoms with E-state index in [1.807, 2.05) is 6.92 Å². The lowest BCUT2D eigenvalue weighted by Gasteiger charge is -2.05. The molecule has 0 unspecified atom stereocenters. The van der Waals surface area contributed by atoms with Crippen LogP contribution in [0.2, 0.25) is 0 Å². The van der Waals surface area contributed by atoms with Crippen LogP contribution in [0.1, 0.15) is 12.1 Å². The van der Waals surface area contributed by atoms with Crippen molar-refractivity contribution >= 4 is 33.6 Å². The standard InChI is InChI=1S/C11H11BrN2O3/c1-5-8(12)2-3-9(13-5)14-10(15)6-4-7(6)11(16)17/h2-3,6-7H,4H2,1H3,(H,16,17)(H,13,14,15)/t6-,7+/m1/s1. The van der Waals surface area contributed by atoms with E-state index in [0.717, 1.165) is 10.2 Å². The zero-order valence-corrected chi connectivity index (χ0v) is 10.7. The lowest BCUT2D eigenvalue weighted by atomic mass is 10.3. The maximum atomic E-state index is 11.7. The first-order valence-corrected chi connectivity index (χ1v) is 5.95. The summed E-state index contributed by atoms with van der Waals surface area (Å²) in [5, 5.41) is 11.3. The zero-order valence-electron chi connectivity index (χ0n) is 9.11. The number of halogens is 1. The summed E-state index contributed by atoms with van der Waals surface area (Å²) in [5.74, 6) is -1.69. The second-order valence-electron chi connectivity index (χ2n) is 4.04. The third-order valence-corrected chi connectivity index (χ3v) is 3.56. The fourth-order valence-corrected chi connectivity index (χ4v) is 1.81. The number of carbonyl (C=O) groups is 2. The highest BCUT2D eigenvalue weighted by atomic mass is 79.9. The van der Waals surface area contributed by atoms with Gasteiger partial charge in [0.05, 0.1) is 17.5 Å². The summed E-state index contributed by atoms with van der Waals surface area (Å²) in [5.41, 5.74) is 0.772. The Bertz CT molecular complexity index is 490. The highest BCUT2D eigenvalue weighted by Gasteiger charge is 2.48. The lowest BCUT2D eigenvalue weighted by molar-refractivity contribution is -0.139. The molecule has 1 amide bonds. The number of hydrogen-bond acceptors (Lipinski definition) is 3. The van der Waals surface area contributed by atoms with Gasteiger partial charge in [0, 0.05) is 4.47 Å². The minimum absolute atomic E-state index is 0.272. The first-order valence-electron chi connectivity index (χ1n) is 5.16. The first kappa shape index (κ1) is 12.0. The van der Waals surface area contributed by atoms with E-state index in [4.69, 9.17) is 5.11 Å². The van der Waals surface area contributed by atoms with Gasteiger partial charge in [0.25, 0.3) is 0 Å². The molecule has 0 spiro atoms. The molecule has 6 heteroatoms. The highest BCUT2D eigenvalue weighted by Crippen LogP contribution is 2.39. The summed E-state index contributed by atoms with van der Waals surface area (Å²) < 4.78 is 0.866. The predicted molar refractivity (Wildman–Crippen MR) is 64.5 cm³/mol. The van der Waals surface area contributed by atoms with Gasteiger partial charge in [-0.2, -0.15) is 0 Å². The average Bonchev–Trinajstić information content (AvgIpc) is 3.03. The number of aliphatic carboxylic acids is 1. The highest BCUT2D eigenvalue weighted by molar-refractivity contribution is 9.10. The maximum absolute atomic E-state index is 11.7. The van der Waals surface area contributed by atoms with Crippen molar-refractivity contribution in [2.45, 2.75) is 13.3 Å². The molecule has 0 bridgehead atoms. The number of nitrogens with zero attached hydrogens (tertiary/aromatic N) is 1. The average molecular weight is 299 g/mol. The number of pyridine rings is 1. The van der Waals surface area contributed by atoms with Crippen molar-refractivity contribution in [1.82, 2.24) is 4.98 Å². The molecule has 0 radical (unpaired) electrons. The van der Waals surface area contributed by atoms with E-state index in [2.05, 4.69) is 26.2 Å². The Labute approximate surface area is 106 Å². The van der Waals surface area contributed by atoms with Crippen molar-refractivity contribution in [3.8, 4) is 0 Å². The van der Waals surface area contributed by atoms with E-state index in [-0.39, 0.29) is 5.91 Å². The summed E-state index contributed by atoms with van der Waals surface area (Å²) in [6.07, 6.45) is 0.413. The molecule has 1 aliphatic carbocycles. The van der Waals surface area contributed by atoms with E-state index in [1.54, 1.807) is 12.1 Å². The van der Waals surface area contributed by atoms with Crippen molar-refractivity contribution in [3.05, 3.63) is 22.3 Å². The van der Waals surface area contributed by atoms with E-state index in [1.165, 1.54) is 0 Å². The quantitative estimate of drug-likeness (QED) is 0.892. The van der Waals surface area contributed by atoms with Gasteiger partial charge in [0.2, 0.25) is 5.91 Å². The molecule has 0 aromatic carbocycles. The van der Waals surface area contributed by atoms with E-state index >= 15 is 0 Å². The van der Waals surface area contributed by atoms with E-state index < -0.39 is 17.8 Å². The minimum Gasteiger partial charge on any atom is -0.481 e. The van der Waals surface area contributed by atoms with Gasteiger partial charge in [0.15, 0.2) is 0 Å². The molecule has 2 N–H and O–H groups in total. The van der Waals surface area contributed by atoms with Crippen LogP contribution in [0, 0.1) is 18.8 Å². The Kier molecular flexibility index (Phi) is 3.15. The van der Waals surface area contributed by atoms with Gasteiger partial charge in [-0.05, 0) is 41.4 Å². The van der Waals surface area contributed by atoms with Gasteiger partial charge < -0.3 is 10.4 Å². The largest absolute Gasteiger partial charge is 0.481 e. The molecule has 1 saturated carbocycles. The smallest absolute Gasteiger partial charge is 0.307 e. The van der Waals surface area contributed by atoms with Crippen LogP contribution in [0.3, 0.4) is 0 Å². The summed E-state index contributed by atoms with van der Waals surface area (Å²) in [6.45, 7) is 1.82. The van der Waals surface area contributed by atoms with Crippen molar-refractivity contribution in [2.24, 2.45) is 11.8 Å². The third kappa shape index (κ3) is 2.63. The SMILES string of the molecule is Cc1nc(NC(=O)[C@@H]2C[C@@H]2C(=O)O)ccc1Br. The summed E-state index contributed by atoms with van der Waals surface area (Å²) in [4.78, 5) is 26.5. The number of carboxylic acids is 1. The van der Waals surface area contributed by atoms with Crippen LogP contribution < -0.4 is 5.32 Å². The van der Waals surface area contributed by atoms with Gasteiger partial charge >= 0.3 is 5.97 Å². The molecule has 90 valence electrons. The van der Waals surface area contributed by atoms with Crippen LogP contribution in [-0.4, -0.2) is 22.0 Å². The minimum atomic E-state index is -0.912. The lowest BCUT2D eigenvalue weighted by Crippen LogP contribution is -2.17. The molecule has 2 atom stereocenters. The number of aromatic nitrogens is 1. The molecule has 1 fully saturated rings. The Hall–Kier alpha value is -1.43. The fourth-order valence-electron chi connectivity index (χ4n) is 1.59. The van der Waals surface area contributed by atoms with Crippen LogP contribution in [-0.2, 0) is 9.59 Å². The molecule has 2 rings (SSSR count). The molecule has 5 nitrogen and oxygen atoms in total. The van der Waals surface area contributed by atoms with Crippen LogP contribution in [0.15, 0.2) is 16.6 Å². The van der Waals surface area contributed by atoms with Crippen LogP contribution >= 0.6 is 15.9 Å². The number of rotatable bonds is 3. The molecule has 1 aromatic rings. The second-order valence-corrected chi connectivity index (χ2v) is 4.89. The topological polar surface area (TPSA) is 79.3 Å².